The molecule has 0 saturated heterocycles. The number of alkyl halides is 3. The van der Waals surface area contributed by atoms with Crippen molar-refractivity contribution in [2.75, 3.05) is 5.32 Å². The summed E-state index contributed by atoms with van der Waals surface area (Å²) in [6.07, 6.45) is -2.95. The van der Waals surface area contributed by atoms with E-state index in [2.05, 4.69) is 30.8 Å². The number of amides is 2. The Labute approximate surface area is 181 Å². The van der Waals surface area contributed by atoms with E-state index in [1.54, 1.807) is 6.92 Å². The fraction of sp³-hybridized carbons (Fsp3) is 0.158. The van der Waals surface area contributed by atoms with Crippen LogP contribution in [0.4, 0.5) is 32.4 Å². The minimum Gasteiger partial charge on any atom is -0.450 e. The van der Waals surface area contributed by atoms with Gasteiger partial charge in [0.2, 0.25) is 11.8 Å². The molecule has 0 aliphatic rings. The van der Waals surface area contributed by atoms with Crippen LogP contribution >= 0.6 is 0 Å². The number of fused-ring (bicyclic) bond motifs is 1. The van der Waals surface area contributed by atoms with Gasteiger partial charge in [-0.25, -0.2) is 18.6 Å². The Morgan fingerprint density at radius 3 is 2.58 bits per heavy atom. The van der Waals surface area contributed by atoms with Gasteiger partial charge < -0.3 is 24.8 Å². The zero-order valence-corrected chi connectivity index (χ0v) is 16.6. The summed E-state index contributed by atoms with van der Waals surface area (Å²) < 4.78 is 79.1. The minimum absolute atomic E-state index is 0.121. The number of ether oxygens (including phenoxy) is 1. The lowest BCUT2D eigenvalue weighted by atomic mass is 10.2. The molecule has 3 N–H and O–H groups in total. The molecule has 2 amide bonds. The van der Waals surface area contributed by atoms with Crippen LogP contribution in [-0.2, 0) is 12.7 Å². The number of halogens is 5. The summed E-state index contributed by atoms with van der Waals surface area (Å²) >= 11 is 0. The quantitative estimate of drug-likeness (QED) is 0.367. The number of carbonyl (C=O) groups is 1. The van der Waals surface area contributed by atoms with E-state index in [0.29, 0.717) is 12.1 Å². The largest absolute Gasteiger partial charge is 0.450 e. The van der Waals surface area contributed by atoms with Crippen LogP contribution < -0.4 is 15.4 Å². The summed E-state index contributed by atoms with van der Waals surface area (Å²) in [5.74, 6) is -3.52. The van der Waals surface area contributed by atoms with Gasteiger partial charge in [0, 0.05) is 37.1 Å². The van der Waals surface area contributed by atoms with Crippen LogP contribution in [-0.4, -0.2) is 26.2 Å². The third-order valence-corrected chi connectivity index (χ3v) is 4.28. The first-order chi connectivity index (χ1) is 15.6. The van der Waals surface area contributed by atoms with E-state index in [-0.39, 0.29) is 23.8 Å². The maximum Gasteiger partial charge on any atom is 0.418 e. The third-order valence-electron chi connectivity index (χ3n) is 4.28. The summed E-state index contributed by atoms with van der Waals surface area (Å²) in [4.78, 5) is 18.0. The highest BCUT2D eigenvalue weighted by Crippen LogP contribution is 2.40. The van der Waals surface area contributed by atoms with Gasteiger partial charge in [0.05, 0.1) is 17.5 Å². The van der Waals surface area contributed by atoms with E-state index in [9.17, 15) is 26.7 Å². The zero-order chi connectivity index (χ0) is 23.8. The van der Waals surface area contributed by atoms with Crippen molar-refractivity contribution in [3.63, 3.8) is 0 Å². The summed E-state index contributed by atoms with van der Waals surface area (Å²) in [6, 6.07) is 1.71. The number of aromatic nitrogens is 4. The zero-order valence-electron chi connectivity index (χ0n) is 16.6. The molecule has 4 rings (SSSR count). The van der Waals surface area contributed by atoms with Crippen molar-refractivity contribution in [3.05, 3.63) is 59.6 Å². The molecule has 0 aliphatic carbocycles. The Morgan fingerprint density at radius 2 is 1.94 bits per heavy atom. The molecule has 172 valence electrons. The first-order valence-electron chi connectivity index (χ1n) is 9.16. The second-order valence-electron chi connectivity index (χ2n) is 6.63. The van der Waals surface area contributed by atoms with Gasteiger partial charge in [-0.1, -0.05) is 0 Å². The molecule has 1 aromatic carbocycles. The average Bonchev–Trinajstić information content (AvgIpc) is 3.35. The molecule has 0 unspecified atom stereocenters. The van der Waals surface area contributed by atoms with E-state index >= 15 is 0 Å². The number of carbonyl (C=O) groups excluding carboxylic acids is 1. The standard InChI is InChI=1S/C19H13F5N6O3/c1-8-29-30-14(32-8)7-27-18(31)28-9-4-11(20)16(12(21)5-9)33-13-2-3-25-17-15(13)10(6-26-17)19(22,23)24/h2-6H,7H2,1H3,(H,25,26)(H2,27,28,31). The SMILES string of the molecule is Cc1nnc(CNC(=O)Nc2cc(F)c(Oc3ccnc4[nH]cc(C(F)(F)F)c34)c(F)c2)o1. The maximum absolute atomic E-state index is 14.5. The molecule has 0 spiro atoms. The average molecular weight is 468 g/mol. The monoisotopic (exact) mass is 468 g/mol. The van der Waals surface area contributed by atoms with Crippen molar-refractivity contribution in [3.8, 4) is 11.5 Å². The number of rotatable bonds is 5. The first-order valence-corrected chi connectivity index (χ1v) is 9.16. The third kappa shape index (κ3) is 4.68. The van der Waals surface area contributed by atoms with Gasteiger partial charge in [-0.3, -0.25) is 0 Å². The second kappa shape index (κ2) is 8.37. The number of anilines is 1. The topological polar surface area (TPSA) is 118 Å². The summed E-state index contributed by atoms with van der Waals surface area (Å²) in [7, 11) is 0. The molecule has 0 radical (unpaired) electrons. The molecule has 0 aliphatic heterocycles. The smallest absolute Gasteiger partial charge is 0.418 e. The Bertz CT molecular complexity index is 1310. The van der Waals surface area contributed by atoms with Crippen LogP contribution in [0.2, 0.25) is 0 Å². The number of benzene rings is 1. The maximum atomic E-state index is 14.5. The fourth-order valence-corrected chi connectivity index (χ4v) is 2.91. The van der Waals surface area contributed by atoms with Crippen LogP contribution in [0, 0.1) is 18.6 Å². The molecule has 3 aromatic heterocycles. The molecule has 0 fully saturated rings. The van der Waals surface area contributed by atoms with Crippen LogP contribution in [0.25, 0.3) is 11.0 Å². The van der Waals surface area contributed by atoms with Gasteiger partial charge in [0.25, 0.3) is 0 Å². The normalized spacial score (nSPS) is 11.6. The van der Waals surface area contributed by atoms with Gasteiger partial charge in [-0.15, -0.1) is 10.2 Å². The van der Waals surface area contributed by atoms with Crippen molar-refractivity contribution < 1.29 is 35.9 Å². The number of nitrogens with zero attached hydrogens (tertiary/aromatic N) is 3. The minimum atomic E-state index is -4.75. The Hall–Kier alpha value is -4.23. The van der Waals surface area contributed by atoms with Crippen LogP contribution in [0.3, 0.4) is 0 Å². The van der Waals surface area contributed by atoms with Crippen molar-refractivity contribution in [2.24, 2.45) is 0 Å². The van der Waals surface area contributed by atoms with E-state index in [4.69, 9.17) is 9.15 Å². The number of hydrogen-bond acceptors (Lipinski definition) is 6. The van der Waals surface area contributed by atoms with Crippen LogP contribution in [0.1, 0.15) is 17.3 Å². The number of aromatic amines is 1. The molecular weight excluding hydrogens is 455 g/mol. The fourth-order valence-electron chi connectivity index (χ4n) is 2.91. The highest BCUT2D eigenvalue weighted by Gasteiger charge is 2.35. The molecule has 33 heavy (non-hydrogen) atoms. The van der Waals surface area contributed by atoms with E-state index < -0.39 is 46.3 Å². The lowest BCUT2D eigenvalue weighted by Crippen LogP contribution is -2.28. The summed E-state index contributed by atoms with van der Waals surface area (Å²) in [5, 5.41) is 11.3. The first kappa shape index (κ1) is 22.0. The number of urea groups is 1. The molecule has 4 aromatic rings. The van der Waals surface area contributed by atoms with Gasteiger partial charge in [-0.05, 0) is 6.07 Å². The van der Waals surface area contributed by atoms with Gasteiger partial charge in [0.15, 0.2) is 17.4 Å². The van der Waals surface area contributed by atoms with Crippen molar-refractivity contribution in [1.82, 2.24) is 25.5 Å². The second-order valence-corrected chi connectivity index (χ2v) is 6.63. The molecule has 14 heteroatoms. The highest BCUT2D eigenvalue weighted by molar-refractivity contribution is 5.89. The number of nitrogens with one attached hydrogen (secondary N) is 3. The number of aryl methyl sites for hydroxylation is 1. The summed E-state index contributed by atoms with van der Waals surface area (Å²) in [5.41, 5.74) is -1.55. The van der Waals surface area contributed by atoms with Crippen molar-refractivity contribution in [1.29, 1.82) is 0 Å². The predicted octanol–water partition coefficient (Wildman–Crippen LogP) is 4.67. The highest BCUT2D eigenvalue weighted by atomic mass is 19.4. The van der Waals surface area contributed by atoms with Gasteiger partial charge in [0.1, 0.15) is 11.4 Å². The number of H-pyrrole nitrogens is 1. The lowest BCUT2D eigenvalue weighted by molar-refractivity contribution is -0.136. The van der Waals surface area contributed by atoms with Crippen molar-refractivity contribution in [2.45, 2.75) is 19.6 Å². The van der Waals surface area contributed by atoms with Crippen molar-refractivity contribution >= 4 is 22.8 Å². The van der Waals surface area contributed by atoms with E-state index in [1.807, 2.05) is 0 Å². The lowest BCUT2D eigenvalue weighted by Gasteiger charge is -2.13. The summed E-state index contributed by atoms with van der Waals surface area (Å²) in [6.45, 7) is 1.43. The molecule has 3 heterocycles. The van der Waals surface area contributed by atoms with Crippen LogP contribution in [0.15, 0.2) is 35.0 Å². The van der Waals surface area contributed by atoms with Gasteiger partial charge >= 0.3 is 12.2 Å². The van der Waals surface area contributed by atoms with E-state index in [1.165, 1.54) is 0 Å². The number of pyridine rings is 1. The predicted molar refractivity (Wildman–Crippen MR) is 102 cm³/mol. The number of hydrogen-bond donors (Lipinski definition) is 3. The van der Waals surface area contributed by atoms with Gasteiger partial charge in [-0.2, -0.15) is 13.2 Å². The Morgan fingerprint density at radius 1 is 1.21 bits per heavy atom. The Kier molecular flexibility index (Phi) is 5.57. The molecule has 0 bridgehead atoms. The Balaban J connectivity index is 1.53. The van der Waals surface area contributed by atoms with Crippen LogP contribution in [0.5, 0.6) is 11.5 Å². The van der Waals surface area contributed by atoms with E-state index in [0.717, 1.165) is 24.4 Å². The molecular formula is C19H13F5N6O3. The molecule has 9 nitrogen and oxygen atoms in total. The molecule has 0 saturated carbocycles. The molecule has 0 atom stereocenters.